The Bertz CT molecular complexity index is 933. The third-order valence-corrected chi connectivity index (χ3v) is 5.48. The van der Waals surface area contributed by atoms with Gasteiger partial charge in [0.25, 0.3) is 5.65 Å². The molecule has 1 aliphatic carbocycles. The number of aromatic nitrogens is 2. The van der Waals surface area contributed by atoms with E-state index in [0.29, 0.717) is 11.3 Å². The molecule has 4 rings (SSSR count). The van der Waals surface area contributed by atoms with Gasteiger partial charge in [-0.15, -0.1) is 0 Å². The van der Waals surface area contributed by atoms with E-state index in [9.17, 15) is 5.21 Å². The average Bonchev–Trinajstić information content (AvgIpc) is 3.35. The van der Waals surface area contributed by atoms with Crippen LogP contribution in [0.5, 0.6) is 0 Å². The third-order valence-electron chi connectivity index (χ3n) is 4.81. The number of hydrogen-bond acceptors (Lipinski definition) is 4. The van der Waals surface area contributed by atoms with Crippen LogP contribution >= 0.6 is 11.9 Å². The van der Waals surface area contributed by atoms with E-state index < -0.39 is 0 Å². The average molecular weight is 369 g/mol. The molecule has 3 aromatic rings. The molecule has 0 unspecified atom stereocenters. The van der Waals surface area contributed by atoms with Crippen LogP contribution in [0, 0.1) is 18.0 Å². The molecule has 1 aliphatic rings. The van der Waals surface area contributed by atoms with Crippen LogP contribution in [0.2, 0.25) is 0 Å². The van der Waals surface area contributed by atoms with Crippen LogP contribution in [-0.4, -0.2) is 17.3 Å². The Morgan fingerprint density at radius 2 is 2.08 bits per heavy atom. The summed E-state index contributed by atoms with van der Waals surface area (Å²) in [5, 5.41) is 16.9. The van der Waals surface area contributed by atoms with Crippen molar-refractivity contribution in [1.82, 2.24) is 4.98 Å². The Labute approximate surface area is 157 Å². The van der Waals surface area contributed by atoms with Gasteiger partial charge in [0.2, 0.25) is 0 Å². The van der Waals surface area contributed by atoms with Crippen molar-refractivity contribution in [1.29, 1.82) is 0 Å². The second kappa shape index (κ2) is 7.11. The molecule has 1 saturated carbocycles. The Balaban J connectivity index is 1.81. The molecule has 136 valence electrons. The highest BCUT2D eigenvalue weighted by molar-refractivity contribution is 8.00. The summed E-state index contributed by atoms with van der Waals surface area (Å²) in [7, 11) is 0. The summed E-state index contributed by atoms with van der Waals surface area (Å²) in [5.41, 5.74) is 5.69. The number of H-pyrrole nitrogens is 1. The third kappa shape index (κ3) is 3.33. The SMILES string of the molecule is CCSNc1ccc(NCC2CC2)c(-c2cc(C)[n+]([O-])c3[nH]ccc23)c1. The fourth-order valence-electron chi connectivity index (χ4n) is 3.21. The van der Waals surface area contributed by atoms with E-state index in [1.165, 1.54) is 12.8 Å². The molecule has 0 spiro atoms. The van der Waals surface area contributed by atoms with Crippen molar-refractivity contribution in [2.24, 2.45) is 5.92 Å². The fourth-order valence-corrected chi connectivity index (χ4v) is 3.64. The van der Waals surface area contributed by atoms with Crippen LogP contribution < -0.4 is 14.8 Å². The lowest BCUT2D eigenvalue weighted by atomic mass is 10.00. The van der Waals surface area contributed by atoms with E-state index in [1.807, 2.05) is 25.3 Å². The van der Waals surface area contributed by atoms with Gasteiger partial charge in [0.15, 0.2) is 0 Å². The summed E-state index contributed by atoms with van der Waals surface area (Å²) in [6.45, 7) is 4.98. The number of aromatic amines is 1. The number of pyridine rings is 1. The van der Waals surface area contributed by atoms with E-state index in [4.69, 9.17) is 0 Å². The van der Waals surface area contributed by atoms with E-state index in [0.717, 1.165) is 50.8 Å². The Morgan fingerprint density at radius 3 is 2.85 bits per heavy atom. The van der Waals surface area contributed by atoms with Crippen molar-refractivity contribution in [3.8, 4) is 11.1 Å². The van der Waals surface area contributed by atoms with Gasteiger partial charge in [0, 0.05) is 34.8 Å². The maximum absolute atomic E-state index is 12.3. The first kappa shape index (κ1) is 17.1. The highest BCUT2D eigenvalue weighted by Gasteiger charge is 2.22. The molecule has 26 heavy (non-hydrogen) atoms. The molecular formula is C20H24N4OS. The molecular weight excluding hydrogens is 344 g/mol. The van der Waals surface area contributed by atoms with Crippen molar-refractivity contribution in [3.63, 3.8) is 0 Å². The van der Waals surface area contributed by atoms with Crippen LogP contribution in [0.25, 0.3) is 22.2 Å². The minimum atomic E-state index is 0.606. The lowest BCUT2D eigenvalue weighted by Crippen LogP contribution is -2.31. The maximum atomic E-state index is 12.3. The molecule has 0 atom stereocenters. The summed E-state index contributed by atoms with van der Waals surface area (Å²) in [5.74, 6) is 1.80. The summed E-state index contributed by atoms with van der Waals surface area (Å²) in [6.07, 6.45) is 4.46. The van der Waals surface area contributed by atoms with Gasteiger partial charge in [0.05, 0.1) is 11.6 Å². The molecule has 0 aliphatic heterocycles. The molecule has 0 bridgehead atoms. The highest BCUT2D eigenvalue weighted by atomic mass is 32.2. The molecule has 0 amide bonds. The quantitative estimate of drug-likeness (QED) is 0.322. The van der Waals surface area contributed by atoms with Crippen molar-refractivity contribution < 1.29 is 4.73 Å². The summed E-state index contributed by atoms with van der Waals surface area (Å²) in [6, 6.07) is 10.4. The molecule has 1 aromatic carbocycles. The Hall–Kier alpha value is -2.34. The minimum absolute atomic E-state index is 0.606. The summed E-state index contributed by atoms with van der Waals surface area (Å²) < 4.78 is 4.35. The first-order valence-electron chi connectivity index (χ1n) is 9.13. The van der Waals surface area contributed by atoms with Crippen LogP contribution in [0.4, 0.5) is 11.4 Å². The van der Waals surface area contributed by atoms with Crippen LogP contribution in [0.3, 0.4) is 0 Å². The topological polar surface area (TPSA) is 66.8 Å². The number of hydrogen-bond donors (Lipinski definition) is 3. The number of benzene rings is 1. The fraction of sp³-hybridized carbons (Fsp3) is 0.350. The lowest BCUT2D eigenvalue weighted by molar-refractivity contribution is -0.586. The maximum Gasteiger partial charge on any atom is 0.290 e. The first-order chi connectivity index (χ1) is 12.7. The Morgan fingerprint density at radius 1 is 1.23 bits per heavy atom. The summed E-state index contributed by atoms with van der Waals surface area (Å²) in [4.78, 5) is 3.08. The smallest absolute Gasteiger partial charge is 0.290 e. The van der Waals surface area contributed by atoms with Gasteiger partial charge in [-0.3, -0.25) is 0 Å². The molecule has 5 nitrogen and oxygen atoms in total. The van der Waals surface area contributed by atoms with Crippen molar-refractivity contribution in [2.45, 2.75) is 26.7 Å². The van der Waals surface area contributed by atoms with Crippen molar-refractivity contribution >= 4 is 34.4 Å². The molecule has 3 N–H and O–H groups in total. The first-order valence-corrected chi connectivity index (χ1v) is 10.1. The highest BCUT2D eigenvalue weighted by Crippen LogP contribution is 2.37. The van der Waals surface area contributed by atoms with Gasteiger partial charge < -0.3 is 15.2 Å². The van der Waals surface area contributed by atoms with Crippen LogP contribution in [0.15, 0.2) is 36.5 Å². The van der Waals surface area contributed by atoms with E-state index in [-0.39, 0.29) is 0 Å². The molecule has 2 aromatic heterocycles. The molecule has 0 saturated heterocycles. The number of aryl methyl sites for hydroxylation is 1. The van der Waals surface area contributed by atoms with Crippen LogP contribution in [-0.2, 0) is 0 Å². The summed E-state index contributed by atoms with van der Waals surface area (Å²) >= 11 is 1.68. The molecule has 1 fully saturated rings. The predicted molar refractivity (Wildman–Crippen MR) is 110 cm³/mol. The zero-order chi connectivity index (χ0) is 18.1. The lowest BCUT2D eigenvalue weighted by Gasteiger charge is -2.17. The van der Waals surface area contributed by atoms with Gasteiger partial charge in [-0.2, -0.15) is 0 Å². The van der Waals surface area contributed by atoms with Crippen molar-refractivity contribution in [3.05, 3.63) is 47.4 Å². The second-order valence-corrected chi connectivity index (χ2v) is 7.92. The zero-order valence-electron chi connectivity index (χ0n) is 15.1. The van der Waals surface area contributed by atoms with Gasteiger partial charge in [-0.05, 0) is 56.0 Å². The van der Waals surface area contributed by atoms with Gasteiger partial charge in [-0.1, -0.05) is 18.9 Å². The zero-order valence-corrected chi connectivity index (χ0v) is 16.0. The number of fused-ring (bicyclic) bond motifs is 1. The van der Waals surface area contributed by atoms with Gasteiger partial charge >= 0.3 is 0 Å². The van der Waals surface area contributed by atoms with E-state index in [2.05, 4.69) is 40.1 Å². The van der Waals surface area contributed by atoms with E-state index in [1.54, 1.807) is 11.9 Å². The number of nitrogens with zero attached hydrogens (tertiary/aromatic N) is 1. The van der Waals surface area contributed by atoms with Gasteiger partial charge in [-0.25, -0.2) is 9.71 Å². The normalized spacial score (nSPS) is 13.9. The van der Waals surface area contributed by atoms with E-state index >= 15 is 0 Å². The number of nitrogens with one attached hydrogen (secondary N) is 3. The number of rotatable bonds is 7. The Kier molecular flexibility index (Phi) is 4.68. The number of anilines is 2. The molecule has 6 heteroatoms. The largest absolute Gasteiger partial charge is 0.710 e. The molecule has 2 heterocycles. The van der Waals surface area contributed by atoms with Crippen LogP contribution in [0.1, 0.15) is 25.5 Å². The minimum Gasteiger partial charge on any atom is -0.710 e. The second-order valence-electron chi connectivity index (χ2n) is 6.85. The monoisotopic (exact) mass is 368 g/mol. The standard InChI is InChI=1S/C20H24N4OS/c1-3-26-23-15-6-7-19(22-12-14-4-5-14)18(11-15)17-10-13(2)24(25)20-16(17)8-9-21-20/h6-11,14,21-23H,3-5,12H2,1-2H3. The predicted octanol–water partition coefficient (Wildman–Crippen LogP) is 4.68. The molecule has 0 radical (unpaired) electrons. The van der Waals surface area contributed by atoms with Crippen molar-refractivity contribution in [2.75, 3.05) is 22.3 Å². The van der Waals surface area contributed by atoms with Gasteiger partial charge in [0.1, 0.15) is 5.69 Å².